The van der Waals surface area contributed by atoms with Crippen LogP contribution in [0.25, 0.3) is 0 Å². The Morgan fingerprint density at radius 3 is 2.74 bits per heavy atom. The van der Waals surface area contributed by atoms with Crippen LogP contribution in [0.2, 0.25) is 0 Å². The van der Waals surface area contributed by atoms with Crippen LogP contribution >= 0.6 is 0 Å². The van der Waals surface area contributed by atoms with Gasteiger partial charge in [-0.1, -0.05) is 25.0 Å². The zero-order valence-corrected chi connectivity index (χ0v) is 11.1. The first-order valence-corrected chi connectivity index (χ1v) is 6.88. The molecule has 4 heteroatoms. The summed E-state index contributed by atoms with van der Waals surface area (Å²) in [6.45, 7) is 0.865. The lowest BCUT2D eigenvalue weighted by atomic mass is 10.1. The van der Waals surface area contributed by atoms with Gasteiger partial charge in [-0.05, 0) is 30.9 Å². The Morgan fingerprint density at radius 2 is 2.00 bits per heavy atom. The molecule has 104 valence electrons. The van der Waals surface area contributed by atoms with Crippen molar-refractivity contribution in [2.45, 2.75) is 32.1 Å². The van der Waals surface area contributed by atoms with Gasteiger partial charge in [0.2, 0.25) is 0 Å². The van der Waals surface area contributed by atoms with E-state index in [0.29, 0.717) is 30.6 Å². The summed E-state index contributed by atoms with van der Waals surface area (Å²) in [5.74, 6) is 0.988. The molecule has 0 bridgehead atoms. The molecule has 0 atom stereocenters. The molecule has 0 unspecified atom stereocenters. The topological polar surface area (TPSA) is 61.5 Å². The van der Waals surface area contributed by atoms with E-state index in [1.165, 1.54) is 25.7 Å². The van der Waals surface area contributed by atoms with Crippen molar-refractivity contribution in [3.8, 4) is 5.75 Å². The van der Waals surface area contributed by atoms with Gasteiger partial charge in [-0.15, -0.1) is 0 Å². The fraction of sp³-hybridized carbons (Fsp3) is 0.533. The first kappa shape index (κ1) is 13.7. The van der Waals surface area contributed by atoms with Crippen LogP contribution in [0.3, 0.4) is 0 Å². The molecule has 1 aliphatic carbocycles. The highest BCUT2D eigenvalue weighted by Gasteiger charge is 2.16. The monoisotopic (exact) mass is 263 g/mol. The Balaban J connectivity index is 1.62. The molecular weight excluding hydrogens is 242 g/mol. The lowest BCUT2D eigenvalue weighted by molar-refractivity contribution is -0.145. The van der Waals surface area contributed by atoms with Gasteiger partial charge in [0.1, 0.15) is 5.75 Å². The molecule has 0 spiro atoms. The quantitative estimate of drug-likeness (QED) is 0.633. The van der Waals surface area contributed by atoms with Crippen molar-refractivity contribution in [3.05, 3.63) is 24.3 Å². The average Bonchev–Trinajstić information content (AvgIpc) is 2.92. The minimum atomic E-state index is -0.193. The van der Waals surface area contributed by atoms with E-state index in [0.717, 1.165) is 0 Å². The molecule has 1 aromatic rings. The number of carbonyl (C=O) groups excluding carboxylic acids is 1. The normalized spacial score (nSPS) is 15.4. The molecule has 4 nitrogen and oxygen atoms in total. The molecule has 1 aromatic carbocycles. The molecule has 0 aromatic heterocycles. The molecule has 19 heavy (non-hydrogen) atoms. The van der Waals surface area contributed by atoms with E-state index in [1.807, 2.05) is 12.1 Å². The second-order valence-corrected chi connectivity index (χ2v) is 4.97. The highest BCUT2D eigenvalue weighted by atomic mass is 16.5. The van der Waals surface area contributed by atoms with E-state index < -0.39 is 0 Å². The Hall–Kier alpha value is -1.71. The average molecular weight is 263 g/mol. The molecule has 0 amide bonds. The number of hydrogen-bond donors (Lipinski definition) is 1. The van der Waals surface area contributed by atoms with Crippen molar-refractivity contribution in [3.63, 3.8) is 0 Å². The zero-order chi connectivity index (χ0) is 13.5. The van der Waals surface area contributed by atoms with Crippen LogP contribution in [-0.2, 0) is 9.53 Å². The van der Waals surface area contributed by atoms with Gasteiger partial charge >= 0.3 is 5.97 Å². The van der Waals surface area contributed by atoms with Gasteiger partial charge in [-0.2, -0.15) is 0 Å². The summed E-state index contributed by atoms with van der Waals surface area (Å²) in [6, 6.07) is 7.26. The fourth-order valence-electron chi connectivity index (χ4n) is 2.32. The van der Waals surface area contributed by atoms with E-state index in [1.54, 1.807) is 12.1 Å². The van der Waals surface area contributed by atoms with Crippen LogP contribution in [0.5, 0.6) is 5.75 Å². The number of nitrogens with two attached hydrogens (primary N) is 1. The van der Waals surface area contributed by atoms with Crippen molar-refractivity contribution < 1.29 is 14.3 Å². The maximum atomic E-state index is 11.5. The number of hydrogen-bond acceptors (Lipinski definition) is 4. The number of carbonyl (C=O) groups is 1. The van der Waals surface area contributed by atoms with Crippen LogP contribution in [0, 0.1) is 5.92 Å². The van der Waals surface area contributed by atoms with Gasteiger partial charge < -0.3 is 15.2 Å². The van der Waals surface area contributed by atoms with E-state index in [4.69, 9.17) is 15.2 Å². The van der Waals surface area contributed by atoms with Crippen molar-refractivity contribution in [1.82, 2.24) is 0 Å². The lowest BCUT2D eigenvalue weighted by Gasteiger charge is -2.11. The fourth-order valence-corrected chi connectivity index (χ4v) is 2.32. The molecule has 0 saturated heterocycles. The van der Waals surface area contributed by atoms with Gasteiger partial charge in [-0.3, -0.25) is 4.79 Å². The summed E-state index contributed by atoms with van der Waals surface area (Å²) in [7, 11) is 0. The minimum Gasteiger partial charge on any atom is -0.491 e. The summed E-state index contributed by atoms with van der Waals surface area (Å²) in [5, 5.41) is 0. The van der Waals surface area contributed by atoms with Crippen molar-refractivity contribution >= 4 is 11.7 Å². The molecule has 0 aliphatic heterocycles. The molecule has 2 rings (SSSR count). The van der Waals surface area contributed by atoms with Gasteiger partial charge in [-0.25, -0.2) is 0 Å². The Labute approximate surface area is 113 Å². The van der Waals surface area contributed by atoms with E-state index in [2.05, 4.69) is 0 Å². The van der Waals surface area contributed by atoms with Crippen LogP contribution in [0.15, 0.2) is 24.3 Å². The van der Waals surface area contributed by atoms with Gasteiger partial charge in [0.15, 0.2) is 0 Å². The molecule has 2 N–H and O–H groups in total. The Morgan fingerprint density at radius 1 is 1.26 bits per heavy atom. The van der Waals surface area contributed by atoms with Crippen LogP contribution in [0.4, 0.5) is 5.69 Å². The third-order valence-electron chi connectivity index (χ3n) is 3.44. The third-order valence-corrected chi connectivity index (χ3v) is 3.44. The number of benzene rings is 1. The SMILES string of the molecule is Nc1ccccc1OCCC(=O)OCC1CCCC1. The van der Waals surface area contributed by atoms with Gasteiger partial charge in [0, 0.05) is 0 Å². The summed E-state index contributed by atoms with van der Waals surface area (Å²) in [6.07, 6.45) is 5.16. The number of para-hydroxylation sites is 2. The number of ether oxygens (including phenoxy) is 2. The van der Waals surface area contributed by atoms with Crippen molar-refractivity contribution in [2.75, 3.05) is 18.9 Å². The molecule has 1 fully saturated rings. The second kappa shape index (κ2) is 7.02. The summed E-state index contributed by atoms with van der Waals surface area (Å²) in [4.78, 5) is 11.5. The van der Waals surface area contributed by atoms with Gasteiger partial charge in [0.05, 0.1) is 25.3 Å². The Bertz CT molecular complexity index is 414. The highest BCUT2D eigenvalue weighted by molar-refractivity contribution is 5.69. The maximum Gasteiger partial charge on any atom is 0.309 e. The largest absolute Gasteiger partial charge is 0.491 e. The van der Waals surface area contributed by atoms with E-state index >= 15 is 0 Å². The predicted octanol–water partition coefficient (Wildman–Crippen LogP) is 2.77. The standard InChI is InChI=1S/C15H21NO3/c16-13-7-3-4-8-14(13)18-10-9-15(17)19-11-12-5-1-2-6-12/h3-4,7-8,12H,1-2,5-6,9-11,16H2. The first-order chi connectivity index (χ1) is 9.25. The van der Waals surface area contributed by atoms with Crippen LogP contribution in [-0.4, -0.2) is 19.2 Å². The summed E-state index contributed by atoms with van der Waals surface area (Å²) in [5.41, 5.74) is 6.32. The third kappa shape index (κ3) is 4.47. The number of esters is 1. The van der Waals surface area contributed by atoms with E-state index in [9.17, 15) is 4.79 Å². The van der Waals surface area contributed by atoms with Crippen LogP contribution < -0.4 is 10.5 Å². The first-order valence-electron chi connectivity index (χ1n) is 6.88. The highest BCUT2D eigenvalue weighted by Crippen LogP contribution is 2.24. The van der Waals surface area contributed by atoms with Gasteiger partial charge in [0.25, 0.3) is 0 Å². The van der Waals surface area contributed by atoms with Crippen molar-refractivity contribution in [1.29, 1.82) is 0 Å². The smallest absolute Gasteiger partial charge is 0.309 e. The predicted molar refractivity (Wildman–Crippen MR) is 73.9 cm³/mol. The number of rotatable bonds is 6. The number of nitrogen functional groups attached to an aromatic ring is 1. The maximum absolute atomic E-state index is 11.5. The summed E-state index contributed by atoms with van der Waals surface area (Å²) < 4.78 is 10.7. The minimum absolute atomic E-state index is 0.193. The second-order valence-electron chi connectivity index (χ2n) is 4.97. The molecule has 0 heterocycles. The summed E-state index contributed by atoms with van der Waals surface area (Å²) >= 11 is 0. The molecule has 1 saturated carbocycles. The van der Waals surface area contributed by atoms with Crippen molar-refractivity contribution in [2.24, 2.45) is 5.92 Å². The Kier molecular flexibility index (Phi) is 5.07. The molecule has 0 radical (unpaired) electrons. The lowest BCUT2D eigenvalue weighted by Crippen LogP contribution is -2.14. The molecular formula is C15H21NO3. The van der Waals surface area contributed by atoms with Crippen LogP contribution in [0.1, 0.15) is 32.1 Å². The van der Waals surface area contributed by atoms with E-state index in [-0.39, 0.29) is 12.4 Å². The molecule has 1 aliphatic rings. The number of anilines is 1. The zero-order valence-electron chi connectivity index (χ0n) is 11.1.